The number of morpholine rings is 1. The number of anilines is 2. The molecule has 3 aliphatic rings. The quantitative estimate of drug-likeness (QED) is 0.656. The van der Waals surface area contributed by atoms with Crippen molar-refractivity contribution in [2.24, 2.45) is 0 Å². The molecule has 2 N–H and O–H groups in total. The highest BCUT2D eigenvalue weighted by Crippen LogP contribution is 2.38. The molecule has 1 saturated heterocycles. The molecule has 3 heterocycles. The fraction of sp³-hybridized carbons (Fsp3) is 0.400. The van der Waals surface area contributed by atoms with E-state index in [1.54, 1.807) is 12.1 Å². The van der Waals surface area contributed by atoms with E-state index in [0.29, 0.717) is 51.4 Å². The number of carbonyl (C=O) groups excluding carboxylic acids is 3. The number of rotatable bonds is 5. The van der Waals surface area contributed by atoms with Gasteiger partial charge in [-0.05, 0) is 53.8 Å². The van der Waals surface area contributed by atoms with Crippen LogP contribution in [0.25, 0.3) is 0 Å². The lowest BCUT2D eigenvalue weighted by Crippen LogP contribution is -2.45. The number of nitrogens with one attached hydrogen (secondary N) is 2. The maximum Gasteiger partial charge on any atom is 0.313 e. The van der Waals surface area contributed by atoms with E-state index in [4.69, 9.17) is 4.74 Å². The topological polar surface area (TPSA) is 91.0 Å². The summed E-state index contributed by atoms with van der Waals surface area (Å²) in [7, 11) is 0. The van der Waals surface area contributed by atoms with Crippen LogP contribution in [0.2, 0.25) is 0 Å². The third kappa shape index (κ3) is 4.53. The van der Waals surface area contributed by atoms with Crippen LogP contribution in [0.1, 0.15) is 29.2 Å². The maximum absolute atomic E-state index is 13.4. The van der Waals surface area contributed by atoms with Crippen LogP contribution in [0, 0.1) is 5.82 Å². The molecular formula is C25H27FN4O4. The molecule has 34 heavy (non-hydrogen) atoms. The Kier molecular flexibility index (Phi) is 6.30. The zero-order chi connectivity index (χ0) is 23.7. The van der Waals surface area contributed by atoms with Gasteiger partial charge in [-0.1, -0.05) is 12.1 Å². The van der Waals surface area contributed by atoms with Gasteiger partial charge in [0.15, 0.2) is 0 Å². The fourth-order valence-electron chi connectivity index (χ4n) is 5.02. The zero-order valence-corrected chi connectivity index (χ0v) is 18.8. The van der Waals surface area contributed by atoms with E-state index in [0.717, 1.165) is 28.8 Å². The highest BCUT2D eigenvalue weighted by atomic mass is 19.1. The average Bonchev–Trinajstić information content (AvgIpc) is 3.28. The third-order valence-corrected chi connectivity index (χ3v) is 6.71. The second kappa shape index (κ2) is 9.52. The first kappa shape index (κ1) is 22.5. The Morgan fingerprint density at radius 3 is 2.41 bits per heavy atom. The molecule has 2 aromatic rings. The number of ether oxygens (including phenoxy) is 1. The number of amides is 3. The number of hydrogen-bond donors (Lipinski definition) is 2. The molecule has 2 aromatic carbocycles. The summed E-state index contributed by atoms with van der Waals surface area (Å²) in [6, 6.07) is 9.69. The van der Waals surface area contributed by atoms with Gasteiger partial charge in [0.05, 0.1) is 24.9 Å². The summed E-state index contributed by atoms with van der Waals surface area (Å²) in [4.78, 5) is 41.4. The normalized spacial score (nSPS) is 18.4. The summed E-state index contributed by atoms with van der Waals surface area (Å²) in [6.07, 6.45) is 1.83. The van der Waals surface area contributed by atoms with Crippen LogP contribution >= 0.6 is 0 Å². The highest BCUT2D eigenvalue weighted by molar-refractivity contribution is 6.39. The smallest absolute Gasteiger partial charge is 0.313 e. The van der Waals surface area contributed by atoms with Crippen molar-refractivity contribution in [1.29, 1.82) is 0 Å². The number of halogens is 1. The molecule has 0 spiro atoms. The van der Waals surface area contributed by atoms with Gasteiger partial charge in [0.1, 0.15) is 5.82 Å². The first-order valence-electron chi connectivity index (χ1n) is 11.6. The number of nitrogens with zero attached hydrogens (tertiary/aromatic N) is 2. The minimum Gasteiger partial charge on any atom is -0.379 e. The van der Waals surface area contributed by atoms with Crippen LogP contribution in [0.3, 0.4) is 0 Å². The molecule has 3 aliphatic heterocycles. The average molecular weight is 467 g/mol. The number of carbonyl (C=O) groups is 3. The van der Waals surface area contributed by atoms with Crippen molar-refractivity contribution < 1.29 is 23.5 Å². The Morgan fingerprint density at radius 1 is 0.971 bits per heavy atom. The molecule has 0 aliphatic carbocycles. The van der Waals surface area contributed by atoms with Gasteiger partial charge in [-0.3, -0.25) is 19.3 Å². The van der Waals surface area contributed by atoms with Crippen LogP contribution in [0.4, 0.5) is 15.8 Å². The van der Waals surface area contributed by atoms with Crippen molar-refractivity contribution >= 4 is 29.1 Å². The standard InChI is InChI=1S/C25H27FN4O4/c26-19-4-1-16(2-5-19)21(29-9-11-34-12-10-29)15-27-24(32)25(33)28-20-13-17-3-6-22(31)30-8-7-18(14-20)23(17)30/h1-2,4-5,13-14,21H,3,6-12,15H2,(H,27,32)(H,28,33). The van der Waals surface area contributed by atoms with Gasteiger partial charge in [0, 0.05) is 38.3 Å². The Labute approximate surface area is 197 Å². The minimum atomic E-state index is -0.742. The number of hydrogen-bond acceptors (Lipinski definition) is 5. The van der Waals surface area contributed by atoms with Gasteiger partial charge in [-0.15, -0.1) is 0 Å². The molecule has 0 saturated carbocycles. The summed E-state index contributed by atoms with van der Waals surface area (Å²) >= 11 is 0. The predicted molar refractivity (Wildman–Crippen MR) is 124 cm³/mol. The first-order valence-corrected chi connectivity index (χ1v) is 11.6. The van der Waals surface area contributed by atoms with Crippen LogP contribution in [0.5, 0.6) is 0 Å². The molecule has 0 radical (unpaired) electrons. The summed E-state index contributed by atoms with van der Waals surface area (Å²) in [5, 5.41) is 5.45. The lowest BCUT2D eigenvalue weighted by molar-refractivity contribution is -0.136. The van der Waals surface area contributed by atoms with Crippen molar-refractivity contribution in [3.05, 3.63) is 58.9 Å². The maximum atomic E-state index is 13.4. The van der Waals surface area contributed by atoms with Crippen LogP contribution < -0.4 is 15.5 Å². The van der Waals surface area contributed by atoms with Crippen molar-refractivity contribution in [1.82, 2.24) is 10.2 Å². The molecule has 0 aromatic heterocycles. The molecule has 8 nitrogen and oxygen atoms in total. The van der Waals surface area contributed by atoms with Crippen molar-refractivity contribution in [3.8, 4) is 0 Å². The van der Waals surface area contributed by atoms with Crippen LogP contribution in [-0.4, -0.2) is 62.0 Å². The van der Waals surface area contributed by atoms with Gasteiger partial charge < -0.3 is 20.3 Å². The molecule has 1 atom stereocenters. The molecule has 5 rings (SSSR count). The predicted octanol–water partition coefficient (Wildman–Crippen LogP) is 1.79. The van der Waals surface area contributed by atoms with Crippen molar-refractivity contribution in [2.45, 2.75) is 25.3 Å². The molecule has 3 amide bonds. The molecule has 1 fully saturated rings. The van der Waals surface area contributed by atoms with Crippen molar-refractivity contribution in [2.75, 3.05) is 49.6 Å². The van der Waals surface area contributed by atoms with Crippen LogP contribution in [-0.2, 0) is 32.0 Å². The zero-order valence-electron chi connectivity index (χ0n) is 18.8. The largest absolute Gasteiger partial charge is 0.379 e. The van der Waals surface area contributed by atoms with E-state index in [1.165, 1.54) is 12.1 Å². The SMILES string of the molecule is O=C(NCC(c1ccc(F)cc1)N1CCOCC1)C(=O)Nc1cc2c3c(c1)CCN3C(=O)CC2. The van der Waals surface area contributed by atoms with Gasteiger partial charge in [0.25, 0.3) is 0 Å². The van der Waals surface area contributed by atoms with Gasteiger partial charge in [-0.25, -0.2) is 4.39 Å². The third-order valence-electron chi connectivity index (χ3n) is 6.71. The lowest BCUT2D eigenvalue weighted by atomic mass is 9.98. The molecule has 9 heteroatoms. The molecular weight excluding hydrogens is 439 g/mol. The minimum absolute atomic E-state index is 0.137. The Bertz CT molecular complexity index is 1110. The Balaban J connectivity index is 1.25. The fourth-order valence-corrected chi connectivity index (χ4v) is 5.02. The summed E-state index contributed by atoms with van der Waals surface area (Å²) in [6.45, 7) is 3.39. The van der Waals surface area contributed by atoms with Crippen LogP contribution in [0.15, 0.2) is 36.4 Å². The molecule has 0 bridgehead atoms. The molecule has 1 unspecified atom stereocenters. The Hall–Kier alpha value is -3.30. The highest BCUT2D eigenvalue weighted by Gasteiger charge is 2.32. The van der Waals surface area contributed by atoms with E-state index >= 15 is 0 Å². The number of aryl methyl sites for hydroxylation is 1. The Morgan fingerprint density at radius 2 is 1.68 bits per heavy atom. The van der Waals surface area contributed by atoms with Gasteiger partial charge >= 0.3 is 11.8 Å². The van der Waals surface area contributed by atoms with E-state index in [9.17, 15) is 18.8 Å². The van der Waals surface area contributed by atoms with E-state index < -0.39 is 11.8 Å². The van der Waals surface area contributed by atoms with Gasteiger partial charge in [0.2, 0.25) is 5.91 Å². The van der Waals surface area contributed by atoms with E-state index in [2.05, 4.69) is 15.5 Å². The summed E-state index contributed by atoms with van der Waals surface area (Å²) < 4.78 is 18.9. The van der Waals surface area contributed by atoms with Crippen molar-refractivity contribution in [3.63, 3.8) is 0 Å². The monoisotopic (exact) mass is 466 g/mol. The van der Waals surface area contributed by atoms with E-state index in [1.807, 2.05) is 17.0 Å². The lowest BCUT2D eigenvalue weighted by Gasteiger charge is -2.34. The first-order chi connectivity index (χ1) is 16.5. The second-order valence-corrected chi connectivity index (χ2v) is 8.82. The van der Waals surface area contributed by atoms with E-state index in [-0.39, 0.29) is 24.3 Å². The number of benzene rings is 2. The van der Waals surface area contributed by atoms with Gasteiger partial charge in [-0.2, -0.15) is 0 Å². The molecule has 178 valence electrons. The second-order valence-electron chi connectivity index (χ2n) is 8.82. The summed E-state index contributed by atoms with van der Waals surface area (Å²) in [5.41, 5.74) is 4.43. The summed E-state index contributed by atoms with van der Waals surface area (Å²) in [5.74, 6) is -1.66.